The van der Waals surface area contributed by atoms with Gasteiger partial charge in [-0.25, -0.2) is 14.8 Å². The van der Waals surface area contributed by atoms with E-state index in [1.165, 1.54) is 29.7 Å². The summed E-state index contributed by atoms with van der Waals surface area (Å²) in [6.07, 6.45) is 0.446. The van der Waals surface area contributed by atoms with Crippen LogP contribution in [0.5, 0.6) is 0 Å². The molecule has 6 nitrogen and oxygen atoms in total. The summed E-state index contributed by atoms with van der Waals surface area (Å²) in [5, 5.41) is 0.397. The summed E-state index contributed by atoms with van der Waals surface area (Å²) in [6, 6.07) is 2.82. The number of nitrogens with one attached hydrogen (secondary N) is 1. The van der Waals surface area contributed by atoms with Crippen molar-refractivity contribution < 1.29 is 18.3 Å². The highest BCUT2D eigenvalue weighted by atomic mass is 32.2. The van der Waals surface area contributed by atoms with E-state index in [4.69, 9.17) is 4.74 Å². The molecule has 0 aliphatic heterocycles. The molecule has 3 aromatic heterocycles. The van der Waals surface area contributed by atoms with E-state index >= 15 is 0 Å². The lowest BCUT2D eigenvalue weighted by atomic mass is 10.2. The first-order valence-corrected chi connectivity index (χ1v) is 9.58. The number of pyridine rings is 1. The first kappa shape index (κ1) is 19.4. The second-order valence-corrected chi connectivity index (χ2v) is 7.88. The number of rotatable bonds is 5. The van der Waals surface area contributed by atoms with Crippen molar-refractivity contribution in [2.45, 2.75) is 37.7 Å². The molecule has 0 unspecified atom stereocenters. The maximum absolute atomic E-state index is 12.6. The fourth-order valence-corrected chi connectivity index (χ4v) is 4.07. The van der Waals surface area contributed by atoms with Gasteiger partial charge in [0, 0.05) is 11.1 Å². The van der Waals surface area contributed by atoms with Crippen LogP contribution < -0.4 is 5.56 Å². The van der Waals surface area contributed by atoms with E-state index in [-0.39, 0.29) is 33.7 Å². The summed E-state index contributed by atoms with van der Waals surface area (Å²) >= 11 is 1.55. The minimum Gasteiger partial charge on any atom is -0.451 e. The van der Waals surface area contributed by atoms with Crippen LogP contribution in [0.1, 0.15) is 39.7 Å². The van der Waals surface area contributed by atoms with Crippen LogP contribution >= 0.6 is 23.1 Å². The van der Waals surface area contributed by atoms with E-state index in [1.807, 2.05) is 13.8 Å². The molecule has 1 N–H and O–H groups in total. The molecule has 10 heteroatoms. The molecule has 27 heavy (non-hydrogen) atoms. The fourth-order valence-electron chi connectivity index (χ4n) is 2.47. The number of thioether (sulfide) groups is 1. The van der Waals surface area contributed by atoms with Crippen molar-refractivity contribution in [3.05, 3.63) is 50.5 Å². The molecular weight excluding hydrogens is 396 g/mol. The van der Waals surface area contributed by atoms with E-state index < -0.39 is 17.8 Å². The van der Waals surface area contributed by atoms with Gasteiger partial charge < -0.3 is 9.72 Å². The third-order valence-corrected chi connectivity index (χ3v) is 5.75. The third kappa shape index (κ3) is 4.01. The first-order chi connectivity index (χ1) is 12.8. The zero-order valence-electron chi connectivity index (χ0n) is 14.6. The van der Waals surface area contributed by atoms with E-state index in [0.29, 0.717) is 10.2 Å². The van der Waals surface area contributed by atoms with E-state index in [1.54, 1.807) is 6.92 Å². The SMILES string of the molecule is Cc1sc2nc([C@H](C)OC(=O)c3cccnc3SC(F)F)[nH]c(=O)c2c1C. The number of aromatic nitrogens is 3. The molecule has 0 amide bonds. The Balaban J connectivity index is 1.88. The number of carbonyl (C=O) groups excluding carboxylic acids is 1. The van der Waals surface area contributed by atoms with Gasteiger partial charge in [0.1, 0.15) is 9.86 Å². The van der Waals surface area contributed by atoms with Gasteiger partial charge in [0.05, 0.1) is 10.9 Å². The number of halogens is 2. The average Bonchev–Trinajstić information content (AvgIpc) is 2.89. The summed E-state index contributed by atoms with van der Waals surface area (Å²) in [5.41, 5.74) is 0.486. The van der Waals surface area contributed by atoms with Gasteiger partial charge in [-0.05, 0) is 50.2 Å². The van der Waals surface area contributed by atoms with Gasteiger partial charge in [-0.15, -0.1) is 11.3 Å². The van der Waals surface area contributed by atoms with Crippen molar-refractivity contribution >= 4 is 39.3 Å². The molecule has 0 radical (unpaired) electrons. The average molecular weight is 411 g/mol. The van der Waals surface area contributed by atoms with Gasteiger partial charge in [-0.1, -0.05) is 0 Å². The molecule has 3 heterocycles. The van der Waals surface area contributed by atoms with Crippen LogP contribution in [0.15, 0.2) is 28.2 Å². The Hall–Kier alpha value is -2.33. The number of ether oxygens (including phenoxy) is 1. The zero-order chi connectivity index (χ0) is 19.7. The lowest BCUT2D eigenvalue weighted by Gasteiger charge is -2.13. The van der Waals surface area contributed by atoms with Crippen LogP contribution in [0.2, 0.25) is 0 Å². The largest absolute Gasteiger partial charge is 0.451 e. The standard InChI is InChI=1S/C17H15F2N3O3S2/c1-7-9(3)26-15-11(7)13(23)21-12(22-15)8(2)25-16(24)10-5-4-6-20-14(10)27-17(18)19/h4-6,8,17H,1-3H3,(H,21,22,23)/t8-/m0/s1. The van der Waals surface area contributed by atoms with Crippen LogP contribution in [-0.4, -0.2) is 26.7 Å². The maximum atomic E-state index is 12.6. The number of alkyl halides is 2. The van der Waals surface area contributed by atoms with Gasteiger partial charge in [0.25, 0.3) is 11.3 Å². The fraction of sp³-hybridized carbons (Fsp3) is 0.294. The third-order valence-electron chi connectivity index (χ3n) is 3.92. The smallest absolute Gasteiger partial charge is 0.341 e. The summed E-state index contributed by atoms with van der Waals surface area (Å²) < 4.78 is 30.6. The van der Waals surface area contributed by atoms with Crippen molar-refractivity contribution in [1.82, 2.24) is 15.0 Å². The highest BCUT2D eigenvalue weighted by Gasteiger charge is 2.22. The topological polar surface area (TPSA) is 84.9 Å². The normalized spacial score (nSPS) is 12.5. The Labute approximate surface area is 161 Å². The quantitative estimate of drug-likeness (QED) is 0.500. The molecule has 0 spiro atoms. The van der Waals surface area contributed by atoms with Crippen molar-refractivity contribution in [2.24, 2.45) is 0 Å². The number of nitrogens with zero attached hydrogens (tertiary/aromatic N) is 2. The first-order valence-electron chi connectivity index (χ1n) is 7.88. The molecule has 1 atom stereocenters. The summed E-state index contributed by atoms with van der Waals surface area (Å²) in [4.78, 5) is 37.1. The Morgan fingerprint density at radius 3 is 2.81 bits per heavy atom. The number of aryl methyl sites for hydroxylation is 2. The molecule has 0 fully saturated rings. The Bertz CT molecular complexity index is 1070. The Morgan fingerprint density at radius 2 is 2.11 bits per heavy atom. The summed E-state index contributed by atoms with van der Waals surface area (Å²) in [7, 11) is 0. The summed E-state index contributed by atoms with van der Waals surface area (Å²) in [6.45, 7) is 5.29. The minimum atomic E-state index is -2.71. The van der Waals surface area contributed by atoms with Crippen molar-refractivity contribution in [3.63, 3.8) is 0 Å². The predicted molar refractivity (Wildman–Crippen MR) is 99.6 cm³/mol. The van der Waals surface area contributed by atoms with Gasteiger partial charge in [0.2, 0.25) is 0 Å². The second kappa shape index (κ2) is 7.73. The summed E-state index contributed by atoms with van der Waals surface area (Å²) in [5.74, 6) is -3.34. The van der Waals surface area contributed by atoms with Crippen molar-refractivity contribution in [1.29, 1.82) is 0 Å². The molecular formula is C17H15F2N3O3S2. The van der Waals surface area contributed by atoms with Crippen molar-refractivity contribution in [2.75, 3.05) is 0 Å². The molecule has 0 saturated carbocycles. The lowest BCUT2D eigenvalue weighted by Crippen LogP contribution is -2.17. The van der Waals surface area contributed by atoms with E-state index in [9.17, 15) is 18.4 Å². The number of thiophene rings is 1. The molecule has 142 valence electrons. The van der Waals surface area contributed by atoms with Gasteiger partial charge in [0.15, 0.2) is 11.9 Å². The predicted octanol–water partition coefficient (Wildman–Crippen LogP) is 4.23. The molecule has 3 rings (SSSR count). The molecule has 0 aromatic carbocycles. The molecule has 3 aromatic rings. The van der Waals surface area contributed by atoms with Crippen molar-refractivity contribution in [3.8, 4) is 0 Å². The molecule has 0 bridgehead atoms. The highest BCUT2D eigenvalue weighted by molar-refractivity contribution is 7.99. The Kier molecular flexibility index (Phi) is 5.56. The number of hydrogen-bond acceptors (Lipinski definition) is 7. The zero-order valence-corrected chi connectivity index (χ0v) is 16.2. The number of hydrogen-bond donors (Lipinski definition) is 1. The molecule has 0 saturated heterocycles. The van der Waals surface area contributed by atoms with Gasteiger partial charge >= 0.3 is 5.97 Å². The van der Waals surface area contributed by atoms with Crippen LogP contribution in [0.4, 0.5) is 8.78 Å². The second-order valence-electron chi connectivity index (χ2n) is 5.70. The lowest BCUT2D eigenvalue weighted by molar-refractivity contribution is 0.0315. The van der Waals surface area contributed by atoms with E-state index in [2.05, 4.69) is 15.0 Å². The number of aromatic amines is 1. The van der Waals surface area contributed by atoms with Crippen LogP contribution in [0.25, 0.3) is 10.2 Å². The molecule has 0 aliphatic carbocycles. The van der Waals surface area contributed by atoms with E-state index in [0.717, 1.165) is 10.4 Å². The van der Waals surface area contributed by atoms with Gasteiger partial charge in [-0.3, -0.25) is 4.79 Å². The number of fused-ring (bicyclic) bond motifs is 1. The number of carbonyl (C=O) groups is 1. The number of esters is 1. The number of H-pyrrole nitrogens is 1. The van der Waals surface area contributed by atoms with Gasteiger partial charge in [-0.2, -0.15) is 8.78 Å². The highest BCUT2D eigenvalue weighted by Crippen LogP contribution is 2.29. The van der Waals surface area contributed by atoms with Crippen LogP contribution in [-0.2, 0) is 4.74 Å². The monoisotopic (exact) mass is 411 g/mol. The van der Waals surface area contributed by atoms with Crippen LogP contribution in [0, 0.1) is 13.8 Å². The van der Waals surface area contributed by atoms with Crippen LogP contribution in [0.3, 0.4) is 0 Å². The minimum absolute atomic E-state index is 0.0686. The maximum Gasteiger partial charge on any atom is 0.341 e. The molecule has 0 aliphatic rings. The Morgan fingerprint density at radius 1 is 1.37 bits per heavy atom.